The molecule has 25 heavy (non-hydrogen) atoms. The number of likely N-dealkylation sites (tertiary alicyclic amines) is 1. The first kappa shape index (κ1) is 16.4. The Balaban J connectivity index is 1.33. The highest BCUT2D eigenvalue weighted by Gasteiger charge is 2.22. The van der Waals surface area contributed by atoms with Gasteiger partial charge in [0.2, 0.25) is 0 Å². The molecular weight excluding hydrogens is 332 g/mol. The summed E-state index contributed by atoms with van der Waals surface area (Å²) >= 11 is 1.69. The first-order chi connectivity index (χ1) is 12.3. The summed E-state index contributed by atoms with van der Waals surface area (Å²) in [5.74, 6) is 0.912. The molecular formula is C18H22N6S. The van der Waals surface area contributed by atoms with Gasteiger partial charge < -0.3 is 0 Å². The van der Waals surface area contributed by atoms with Crippen LogP contribution in [0.5, 0.6) is 0 Å². The normalized spacial score (nSPS) is 16.4. The van der Waals surface area contributed by atoms with Gasteiger partial charge in [0.1, 0.15) is 11.5 Å². The Morgan fingerprint density at radius 2 is 2.00 bits per heavy atom. The zero-order valence-electron chi connectivity index (χ0n) is 14.4. The van der Waals surface area contributed by atoms with Crippen molar-refractivity contribution in [1.29, 1.82) is 0 Å². The van der Waals surface area contributed by atoms with Crippen molar-refractivity contribution >= 4 is 11.3 Å². The van der Waals surface area contributed by atoms with Gasteiger partial charge in [-0.15, -0.1) is 5.10 Å². The topological polar surface area (TPSA) is 59.7 Å². The zero-order valence-corrected chi connectivity index (χ0v) is 15.2. The first-order valence-corrected chi connectivity index (χ1v) is 9.72. The standard InChI is InChI=1S/C18H22N6S/c1-2-18-19-9-14(10-20-18)11-23-6-3-16(4-7-23)24-12-17(21-22-24)15-5-8-25-13-15/h5,8-10,12-13,16H,2-4,6-7,11H2,1H3. The van der Waals surface area contributed by atoms with Crippen LogP contribution >= 0.6 is 11.3 Å². The average molecular weight is 354 g/mol. The number of thiophene rings is 1. The number of nitrogens with zero attached hydrogens (tertiary/aromatic N) is 6. The second-order valence-corrected chi connectivity index (χ2v) is 7.24. The molecule has 0 spiro atoms. The van der Waals surface area contributed by atoms with Crippen LogP contribution in [0.3, 0.4) is 0 Å². The van der Waals surface area contributed by atoms with Crippen molar-refractivity contribution in [2.24, 2.45) is 0 Å². The third-order valence-electron chi connectivity index (χ3n) is 4.74. The van der Waals surface area contributed by atoms with Gasteiger partial charge in [0, 0.05) is 55.0 Å². The van der Waals surface area contributed by atoms with Crippen LogP contribution in [0.1, 0.15) is 37.2 Å². The number of aromatic nitrogens is 5. The Labute approximate surface area is 151 Å². The van der Waals surface area contributed by atoms with E-state index in [0.29, 0.717) is 6.04 Å². The highest BCUT2D eigenvalue weighted by atomic mass is 32.1. The summed E-state index contributed by atoms with van der Waals surface area (Å²) in [5.41, 5.74) is 3.32. The minimum absolute atomic E-state index is 0.440. The minimum Gasteiger partial charge on any atom is -0.299 e. The van der Waals surface area contributed by atoms with Crippen LogP contribution in [0, 0.1) is 0 Å². The predicted molar refractivity (Wildman–Crippen MR) is 98.3 cm³/mol. The van der Waals surface area contributed by atoms with E-state index in [4.69, 9.17) is 0 Å². The van der Waals surface area contributed by atoms with E-state index in [0.717, 1.165) is 56.0 Å². The summed E-state index contributed by atoms with van der Waals surface area (Å²) in [4.78, 5) is 11.3. The second-order valence-electron chi connectivity index (χ2n) is 6.46. The molecule has 4 heterocycles. The molecule has 6 nitrogen and oxygen atoms in total. The van der Waals surface area contributed by atoms with Crippen LogP contribution in [0.15, 0.2) is 35.4 Å². The number of rotatable bonds is 5. The van der Waals surface area contributed by atoms with Gasteiger partial charge in [-0.05, 0) is 24.3 Å². The Bertz CT molecular complexity index is 787. The zero-order chi connectivity index (χ0) is 17.1. The molecule has 0 aliphatic carbocycles. The first-order valence-electron chi connectivity index (χ1n) is 8.78. The van der Waals surface area contributed by atoms with Crippen molar-refractivity contribution < 1.29 is 0 Å². The Hall–Kier alpha value is -2.12. The van der Waals surface area contributed by atoms with Gasteiger partial charge in [-0.2, -0.15) is 11.3 Å². The summed E-state index contributed by atoms with van der Waals surface area (Å²) in [6.45, 7) is 5.13. The molecule has 0 N–H and O–H groups in total. The van der Waals surface area contributed by atoms with E-state index < -0.39 is 0 Å². The monoisotopic (exact) mass is 354 g/mol. The summed E-state index contributed by atoms with van der Waals surface area (Å²) in [6.07, 6.45) is 9.09. The summed E-state index contributed by atoms with van der Waals surface area (Å²) < 4.78 is 2.05. The maximum absolute atomic E-state index is 4.39. The third kappa shape index (κ3) is 3.77. The number of hydrogen-bond acceptors (Lipinski definition) is 6. The van der Waals surface area contributed by atoms with E-state index in [1.807, 2.05) is 17.1 Å². The highest BCUT2D eigenvalue weighted by Crippen LogP contribution is 2.25. The molecule has 1 aliphatic rings. The molecule has 3 aromatic rings. The van der Waals surface area contributed by atoms with Gasteiger partial charge in [-0.3, -0.25) is 4.90 Å². The van der Waals surface area contributed by atoms with Gasteiger partial charge >= 0.3 is 0 Å². The van der Waals surface area contributed by atoms with Crippen molar-refractivity contribution in [3.05, 3.63) is 46.8 Å². The third-order valence-corrected chi connectivity index (χ3v) is 5.42. The van der Waals surface area contributed by atoms with Crippen molar-refractivity contribution in [3.63, 3.8) is 0 Å². The van der Waals surface area contributed by atoms with Crippen LogP contribution in [-0.2, 0) is 13.0 Å². The molecule has 0 bridgehead atoms. The Morgan fingerprint density at radius 1 is 1.20 bits per heavy atom. The molecule has 7 heteroatoms. The van der Waals surface area contributed by atoms with E-state index in [1.165, 1.54) is 5.56 Å². The van der Waals surface area contributed by atoms with E-state index >= 15 is 0 Å². The van der Waals surface area contributed by atoms with E-state index in [1.54, 1.807) is 11.3 Å². The number of aryl methyl sites for hydroxylation is 1. The van der Waals surface area contributed by atoms with Crippen LogP contribution < -0.4 is 0 Å². The molecule has 0 radical (unpaired) electrons. The van der Waals surface area contributed by atoms with E-state index in [2.05, 4.69) is 55.1 Å². The molecule has 0 saturated carbocycles. The van der Waals surface area contributed by atoms with E-state index in [-0.39, 0.29) is 0 Å². The van der Waals surface area contributed by atoms with Gasteiger partial charge in [-0.25, -0.2) is 14.6 Å². The van der Waals surface area contributed by atoms with Crippen molar-refractivity contribution in [2.45, 2.75) is 38.8 Å². The SMILES string of the molecule is CCc1ncc(CN2CCC(n3cc(-c4ccsc4)nn3)CC2)cn1. The molecule has 130 valence electrons. The van der Waals surface area contributed by atoms with Crippen LogP contribution in [-0.4, -0.2) is 43.0 Å². The van der Waals surface area contributed by atoms with E-state index in [9.17, 15) is 0 Å². The Kier molecular flexibility index (Phi) is 4.85. The highest BCUT2D eigenvalue weighted by molar-refractivity contribution is 7.08. The quantitative estimate of drug-likeness (QED) is 0.704. The smallest absolute Gasteiger partial charge is 0.127 e. The van der Waals surface area contributed by atoms with Crippen LogP contribution in [0.25, 0.3) is 11.3 Å². The fourth-order valence-corrected chi connectivity index (χ4v) is 3.89. The van der Waals surface area contributed by atoms with Gasteiger partial charge in [0.15, 0.2) is 0 Å². The van der Waals surface area contributed by atoms with Gasteiger partial charge in [0.05, 0.1) is 12.2 Å². The predicted octanol–water partition coefficient (Wildman–Crippen LogP) is 3.20. The molecule has 1 aliphatic heterocycles. The molecule has 0 aromatic carbocycles. The average Bonchev–Trinajstić information content (AvgIpc) is 3.35. The second kappa shape index (κ2) is 7.41. The summed E-state index contributed by atoms with van der Waals surface area (Å²) in [6, 6.07) is 2.53. The molecule has 4 rings (SSSR count). The minimum atomic E-state index is 0.440. The molecule has 1 fully saturated rings. The summed E-state index contributed by atoms with van der Waals surface area (Å²) in [7, 11) is 0. The molecule has 0 unspecified atom stereocenters. The van der Waals surface area contributed by atoms with Crippen molar-refractivity contribution in [2.75, 3.05) is 13.1 Å². The Morgan fingerprint density at radius 3 is 2.68 bits per heavy atom. The maximum Gasteiger partial charge on any atom is 0.127 e. The molecule has 3 aromatic heterocycles. The van der Waals surface area contributed by atoms with Crippen LogP contribution in [0.2, 0.25) is 0 Å². The molecule has 1 saturated heterocycles. The lowest BCUT2D eigenvalue weighted by atomic mass is 10.0. The van der Waals surface area contributed by atoms with Crippen molar-refractivity contribution in [1.82, 2.24) is 29.9 Å². The van der Waals surface area contributed by atoms with Crippen molar-refractivity contribution in [3.8, 4) is 11.3 Å². The summed E-state index contributed by atoms with van der Waals surface area (Å²) in [5, 5.41) is 12.9. The number of piperidine rings is 1. The number of hydrogen-bond donors (Lipinski definition) is 0. The molecule has 0 atom stereocenters. The van der Waals surface area contributed by atoms with Gasteiger partial charge in [0.25, 0.3) is 0 Å². The lowest BCUT2D eigenvalue weighted by molar-refractivity contribution is 0.172. The maximum atomic E-state index is 4.39. The fraction of sp³-hybridized carbons (Fsp3) is 0.444. The largest absolute Gasteiger partial charge is 0.299 e. The van der Waals surface area contributed by atoms with Crippen LogP contribution in [0.4, 0.5) is 0 Å². The van der Waals surface area contributed by atoms with Gasteiger partial charge in [-0.1, -0.05) is 12.1 Å². The molecule has 0 amide bonds. The lowest BCUT2D eigenvalue weighted by Crippen LogP contribution is -2.34. The fourth-order valence-electron chi connectivity index (χ4n) is 3.24. The lowest BCUT2D eigenvalue weighted by Gasteiger charge is -2.31.